The molecule has 2 aliphatic rings. The molecule has 0 radical (unpaired) electrons. The molecule has 3 atom stereocenters. The lowest BCUT2D eigenvalue weighted by Crippen LogP contribution is -2.47. The molecule has 0 aromatic carbocycles. The third-order valence-electron chi connectivity index (χ3n) is 5.33. The molecule has 1 saturated heterocycles. The molecule has 1 aliphatic heterocycles. The molecule has 0 amide bonds. The minimum Gasteiger partial charge on any atom is -0.330 e. The first-order valence-electron chi connectivity index (χ1n) is 7.59. The minimum atomic E-state index is 0.335. The minimum absolute atomic E-state index is 0.335. The van der Waals surface area contributed by atoms with Crippen molar-refractivity contribution in [3.05, 3.63) is 0 Å². The Kier molecular flexibility index (Phi) is 4.48. The topological polar surface area (TPSA) is 29.3 Å². The maximum atomic E-state index is 5.94. The highest BCUT2D eigenvalue weighted by Crippen LogP contribution is 2.37. The summed E-state index contributed by atoms with van der Waals surface area (Å²) < 4.78 is 0. The first kappa shape index (κ1) is 13.4. The number of piperidine rings is 1. The number of hydrogen-bond acceptors (Lipinski definition) is 2. The number of hydrogen-bond donors (Lipinski definition) is 1. The van der Waals surface area contributed by atoms with Gasteiger partial charge >= 0.3 is 0 Å². The summed E-state index contributed by atoms with van der Waals surface area (Å²) in [6.07, 6.45) is 8.57. The van der Waals surface area contributed by atoms with Crippen LogP contribution in [0.3, 0.4) is 0 Å². The fourth-order valence-corrected chi connectivity index (χ4v) is 3.68. The molecule has 3 unspecified atom stereocenters. The van der Waals surface area contributed by atoms with Crippen molar-refractivity contribution in [3.8, 4) is 0 Å². The van der Waals surface area contributed by atoms with Gasteiger partial charge in [0.25, 0.3) is 0 Å². The molecule has 100 valence electrons. The molecule has 2 heteroatoms. The van der Waals surface area contributed by atoms with Crippen molar-refractivity contribution in [2.45, 2.75) is 52.4 Å². The Hall–Kier alpha value is -0.0800. The zero-order chi connectivity index (χ0) is 12.3. The van der Waals surface area contributed by atoms with Crippen LogP contribution in [-0.4, -0.2) is 31.1 Å². The summed E-state index contributed by atoms with van der Waals surface area (Å²) in [6.45, 7) is 9.33. The normalized spacial score (nSPS) is 34.1. The van der Waals surface area contributed by atoms with Gasteiger partial charge in [-0.05, 0) is 49.6 Å². The summed E-state index contributed by atoms with van der Waals surface area (Å²) in [5, 5.41) is 0. The average molecular weight is 238 g/mol. The standard InChI is InChI=1S/C15H30N2/c1-3-15(2,11-16)12-17-9-8-13-6-4-5-7-14(13)10-17/h13-14H,3-12,16H2,1-2H3. The molecular weight excluding hydrogens is 208 g/mol. The van der Waals surface area contributed by atoms with Crippen LogP contribution in [-0.2, 0) is 0 Å². The molecule has 2 rings (SSSR count). The number of nitrogens with zero attached hydrogens (tertiary/aromatic N) is 1. The Labute approximate surface area is 107 Å². The predicted molar refractivity (Wildman–Crippen MR) is 74.0 cm³/mol. The monoisotopic (exact) mass is 238 g/mol. The number of nitrogens with two attached hydrogens (primary N) is 1. The van der Waals surface area contributed by atoms with Gasteiger partial charge in [0.15, 0.2) is 0 Å². The number of fused-ring (bicyclic) bond motifs is 1. The second kappa shape index (κ2) is 5.71. The SMILES string of the molecule is CCC(C)(CN)CN1CCC2CCCCC2C1. The van der Waals surface area contributed by atoms with Gasteiger partial charge < -0.3 is 10.6 Å². The van der Waals surface area contributed by atoms with Crippen LogP contribution in [0.4, 0.5) is 0 Å². The van der Waals surface area contributed by atoms with Crippen molar-refractivity contribution in [2.24, 2.45) is 23.0 Å². The van der Waals surface area contributed by atoms with Crippen LogP contribution in [0.1, 0.15) is 52.4 Å². The molecule has 0 aromatic rings. The van der Waals surface area contributed by atoms with Gasteiger partial charge in [-0.1, -0.05) is 33.1 Å². The number of likely N-dealkylation sites (tertiary alicyclic amines) is 1. The lowest BCUT2D eigenvalue weighted by molar-refractivity contribution is 0.0569. The molecule has 2 fully saturated rings. The van der Waals surface area contributed by atoms with Crippen LogP contribution >= 0.6 is 0 Å². The summed E-state index contributed by atoms with van der Waals surface area (Å²) in [4.78, 5) is 2.70. The molecule has 1 heterocycles. The largest absolute Gasteiger partial charge is 0.330 e. The highest BCUT2D eigenvalue weighted by Gasteiger charge is 2.33. The van der Waals surface area contributed by atoms with Crippen LogP contribution in [0.15, 0.2) is 0 Å². The summed E-state index contributed by atoms with van der Waals surface area (Å²) >= 11 is 0. The van der Waals surface area contributed by atoms with Crippen molar-refractivity contribution in [1.29, 1.82) is 0 Å². The van der Waals surface area contributed by atoms with Gasteiger partial charge in [0.1, 0.15) is 0 Å². The van der Waals surface area contributed by atoms with E-state index in [4.69, 9.17) is 5.73 Å². The molecule has 1 saturated carbocycles. The van der Waals surface area contributed by atoms with Crippen LogP contribution in [0, 0.1) is 17.3 Å². The van der Waals surface area contributed by atoms with Crippen LogP contribution in [0.2, 0.25) is 0 Å². The van der Waals surface area contributed by atoms with E-state index in [1.165, 1.54) is 58.2 Å². The number of rotatable bonds is 4. The van der Waals surface area contributed by atoms with E-state index < -0.39 is 0 Å². The van der Waals surface area contributed by atoms with Crippen molar-refractivity contribution < 1.29 is 0 Å². The summed E-state index contributed by atoms with van der Waals surface area (Å²) in [5.41, 5.74) is 6.27. The van der Waals surface area contributed by atoms with Gasteiger partial charge in [0, 0.05) is 13.1 Å². The Morgan fingerprint density at radius 2 is 1.88 bits per heavy atom. The molecule has 0 aromatic heterocycles. The Morgan fingerprint density at radius 1 is 1.18 bits per heavy atom. The quantitative estimate of drug-likeness (QED) is 0.816. The molecule has 17 heavy (non-hydrogen) atoms. The Balaban J connectivity index is 1.87. The van der Waals surface area contributed by atoms with E-state index in [9.17, 15) is 0 Å². The van der Waals surface area contributed by atoms with E-state index in [1.807, 2.05) is 0 Å². The van der Waals surface area contributed by atoms with Gasteiger partial charge in [0.2, 0.25) is 0 Å². The average Bonchev–Trinajstić information content (AvgIpc) is 2.38. The van der Waals surface area contributed by atoms with E-state index in [0.717, 1.165) is 18.4 Å². The second-order valence-corrected chi connectivity index (χ2v) is 6.70. The maximum Gasteiger partial charge on any atom is 0.00474 e. The first-order chi connectivity index (χ1) is 8.17. The summed E-state index contributed by atoms with van der Waals surface area (Å²) in [7, 11) is 0. The van der Waals surface area contributed by atoms with Crippen LogP contribution in [0.5, 0.6) is 0 Å². The molecule has 1 aliphatic carbocycles. The molecule has 0 bridgehead atoms. The third-order valence-corrected chi connectivity index (χ3v) is 5.33. The highest BCUT2D eigenvalue weighted by atomic mass is 15.1. The van der Waals surface area contributed by atoms with Crippen molar-refractivity contribution in [3.63, 3.8) is 0 Å². The maximum absolute atomic E-state index is 5.94. The van der Waals surface area contributed by atoms with Gasteiger partial charge in [-0.25, -0.2) is 0 Å². The van der Waals surface area contributed by atoms with Gasteiger partial charge in [-0.2, -0.15) is 0 Å². The van der Waals surface area contributed by atoms with Gasteiger partial charge in [-0.15, -0.1) is 0 Å². The molecule has 2 nitrogen and oxygen atoms in total. The van der Waals surface area contributed by atoms with E-state index in [-0.39, 0.29) is 0 Å². The molecular formula is C15H30N2. The molecule has 0 spiro atoms. The summed E-state index contributed by atoms with van der Waals surface area (Å²) in [5.74, 6) is 2.04. The first-order valence-corrected chi connectivity index (χ1v) is 7.59. The van der Waals surface area contributed by atoms with Crippen LogP contribution in [0.25, 0.3) is 0 Å². The van der Waals surface area contributed by atoms with Gasteiger partial charge in [0.05, 0.1) is 0 Å². The van der Waals surface area contributed by atoms with Crippen LogP contribution < -0.4 is 5.73 Å². The van der Waals surface area contributed by atoms with E-state index in [1.54, 1.807) is 0 Å². The smallest absolute Gasteiger partial charge is 0.00474 e. The van der Waals surface area contributed by atoms with Crippen molar-refractivity contribution in [2.75, 3.05) is 26.2 Å². The van der Waals surface area contributed by atoms with E-state index in [2.05, 4.69) is 18.7 Å². The fraction of sp³-hybridized carbons (Fsp3) is 1.00. The molecule has 2 N–H and O–H groups in total. The predicted octanol–water partition coefficient (Wildman–Crippen LogP) is 2.87. The zero-order valence-corrected chi connectivity index (χ0v) is 11.8. The highest BCUT2D eigenvalue weighted by molar-refractivity contribution is 4.86. The Bertz CT molecular complexity index is 235. The van der Waals surface area contributed by atoms with E-state index >= 15 is 0 Å². The van der Waals surface area contributed by atoms with Gasteiger partial charge in [-0.3, -0.25) is 0 Å². The van der Waals surface area contributed by atoms with E-state index in [0.29, 0.717) is 5.41 Å². The van der Waals surface area contributed by atoms with Crippen molar-refractivity contribution >= 4 is 0 Å². The Morgan fingerprint density at radius 3 is 2.53 bits per heavy atom. The summed E-state index contributed by atoms with van der Waals surface area (Å²) in [6, 6.07) is 0. The van der Waals surface area contributed by atoms with Crippen molar-refractivity contribution in [1.82, 2.24) is 4.90 Å². The lowest BCUT2D eigenvalue weighted by Gasteiger charge is -2.44. The second-order valence-electron chi connectivity index (χ2n) is 6.70. The fourth-order valence-electron chi connectivity index (χ4n) is 3.68. The lowest BCUT2D eigenvalue weighted by atomic mass is 9.74. The third kappa shape index (κ3) is 3.23. The zero-order valence-electron chi connectivity index (χ0n) is 11.8.